The number of halogens is 3. The number of aryl methyl sites for hydroxylation is 8. The molecule has 1 aliphatic rings. The maximum absolute atomic E-state index is 14.2. The molecule has 1 aliphatic carbocycles. The third kappa shape index (κ3) is 17.1. The summed E-state index contributed by atoms with van der Waals surface area (Å²) in [6.45, 7) is 16.4. The largest absolute Gasteiger partial charge is 0.508 e. The van der Waals surface area contributed by atoms with Crippen molar-refractivity contribution in [2.45, 2.75) is 94.4 Å². The molecule has 1 fully saturated rings. The Morgan fingerprint density at radius 1 is 0.352 bits per heavy atom. The summed E-state index contributed by atoms with van der Waals surface area (Å²) in [4.78, 5) is 107. The van der Waals surface area contributed by atoms with E-state index in [2.05, 4.69) is 99.3 Å². The fourth-order valence-corrected chi connectivity index (χ4v) is 18.7. The number of benzene rings is 6. The molecule has 10 N–H and O–H groups in total. The SMILES string of the molecule is Cc1ccccc1-n1c(Cn2nc(-c3cc(O)cc(F)c3)c3c(N)ncnc32)cc2nccc(C)c2c1=O.Cc1ccccc1-n1c(Cn2nc(-c3ccc(O)c(F)c3)c3c(N)ncnc32)cc2nccc(C)c2c1=O.Cc1ccccc1-n1c(Cn2nc(C#CC3CC3)c3c(N)ncnc32)cc2nccc(C)c2c1=O.Cc1ccccc1-n1c(Cn2nc(I)c3c(N)ncnc32)cc2nccc(C)c2c1=O. The zero-order valence-electron chi connectivity index (χ0n) is 77.5. The third-order valence-corrected chi connectivity index (χ3v) is 25.8. The molecular weight excluding hydrogens is 1910 g/mol. The first-order valence-electron chi connectivity index (χ1n) is 44.9. The van der Waals surface area contributed by atoms with Gasteiger partial charge >= 0.3 is 0 Å². The van der Waals surface area contributed by atoms with Crippen LogP contribution in [0.5, 0.6) is 11.5 Å². The molecular formula is C105H85F2IN28O6. The van der Waals surface area contributed by atoms with Gasteiger partial charge in [-0.1, -0.05) is 78.7 Å². The van der Waals surface area contributed by atoms with Crippen molar-refractivity contribution in [3.05, 3.63) is 362 Å². The number of pyridine rings is 8. The average Bonchev–Trinajstić information content (AvgIpc) is 1.61. The number of phenolic OH excluding ortho intramolecular Hbond substituents is 2. The Bertz CT molecular complexity index is 9270. The van der Waals surface area contributed by atoms with Gasteiger partial charge in [-0.3, -0.25) is 57.4 Å². The summed E-state index contributed by atoms with van der Waals surface area (Å²) in [7, 11) is 0. The van der Waals surface area contributed by atoms with Crippen molar-refractivity contribution in [2.75, 3.05) is 22.9 Å². The highest BCUT2D eigenvalue weighted by atomic mass is 127. The van der Waals surface area contributed by atoms with Gasteiger partial charge in [0.2, 0.25) is 0 Å². The van der Waals surface area contributed by atoms with Gasteiger partial charge in [0.15, 0.2) is 34.2 Å². The van der Waals surface area contributed by atoms with Gasteiger partial charge in [-0.25, -0.2) is 67.4 Å². The van der Waals surface area contributed by atoms with Crippen LogP contribution in [0.1, 0.15) is 85.8 Å². The van der Waals surface area contributed by atoms with Crippen LogP contribution in [0.15, 0.2) is 251 Å². The van der Waals surface area contributed by atoms with E-state index in [0.717, 1.165) is 97.6 Å². The normalized spacial score (nSPS) is 11.9. The van der Waals surface area contributed by atoms with E-state index in [0.29, 0.717) is 155 Å². The monoisotopic (exact) mass is 2000 g/mol. The number of rotatable bonds is 14. The Labute approximate surface area is 818 Å². The number of nitrogens with zero attached hydrogens (tertiary/aromatic N) is 24. The van der Waals surface area contributed by atoms with Gasteiger partial charge in [0.1, 0.15) is 80.9 Å². The minimum absolute atomic E-state index is 0.104. The fraction of sp³-hybridized carbons (Fsp3) is 0.143. The summed E-state index contributed by atoms with van der Waals surface area (Å²) in [6, 6.07) is 53.5. The van der Waals surface area contributed by atoms with Crippen LogP contribution in [0.2, 0.25) is 0 Å². The van der Waals surface area contributed by atoms with Gasteiger partial charge in [-0.15, -0.1) is 0 Å². The lowest BCUT2D eigenvalue weighted by molar-refractivity contribution is 0.432. The first-order chi connectivity index (χ1) is 68.6. The Balaban J connectivity index is 0.000000116. The van der Waals surface area contributed by atoms with Gasteiger partial charge in [-0.05, 0) is 244 Å². The lowest BCUT2D eigenvalue weighted by Gasteiger charge is -2.17. The molecule has 0 amide bonds. The van der Waals surface area contributed by atoms with Crippen LogP contribution in [0.3, 0.4) is 0 Å². The van der Waals surface area contributed by atoms with Crippen LogP contribution >= 0.6 is 22.6 Å². The maximum Gasteiger partial charge on any atom is 0.265 e. The Kier molecular flexibility index (Phi) is 24.2. The molecule has 16 aromatic heterocycles. The number of hydrogen-bond acceptors (Lipinski definition) is 26. The first kappa shape index (κ1) is 91.7. The predicted octanol–water partition coefficient (Wildman–Crippen LogP) is 15.5. The zero-order valence-corrected chi connectivity index (χ0v) is 79.6. The first-order valence-corrected chi connectivity index (χ1v) is 46.0. The Hall–Kier alpha value is -18.1. The van der Waals surface area contributed by atoms with Gasteiger partial charge < -0.3 is 33.1 Å². The molecule has 0 radical (unpaired) electrons. The Morgan fingerprint density at radius 3 is 1.04 bits per heavy atom. The van der Waals surface area contributed by atoms with Crippen molar-refractivity contribution in [3.8, 4) is 68.6 Å². The number of aromatic nitrogens is 24. The topological polar surface area (TPSA) is 458 Å². The third-order valence-electron chi connectivity index (χ3n) is 25.0. The molecule has 0 bridgehead atoms. The number of anilines is 4. The van der Waals surface area contributed by atoms with Gasteiger partial charge in [0.25, 0.3) is 22.2 Å². The fourth-order valence-electron chi connectivity index (χ4n) is 17.9. The summed E-state index contributed by atoms with van der Waals surface area (Å²) in [5.74, 6) is 5.78. The standard InChI is InChI=1S/2C28H22FN7O2.C27H23N7O.C22H18IN7O/c1-15-5-3-4-6-22(15)36-19(12-21-23(28(36)38)16(2)7-8-31-21)13-35-27-24(26(30)32-14-33-27)25(34-35)17-9-18(29)11-20(37)10-17;1-15-5-3-4-6-21(15)36-18(12-20-23(28(36)38)16(2)9-10-31-20)13-35-27-24(26(30)32-14-33-27)25(34-35)17-7-8-22(37)19(29)11-17;1-16-5-3-4-6-22(16)34-19(13-21-23(27(34)35)17(2)11-12-29-21)14-33-26-24(25(28)30-15-31-26)20(32-33)10-9-18-7-8-18;1-12-5-3-4-6-16(12)30-14(9-15-17(22(30)31)13(2)7-8-25-15)10-29-21-18(19(23)28-29)20(24)26-11-27-21/h2*3-12,14,37H,13H2,1-2H3,(H2,30,32,33);3-6,11-13,15,18H,7-8,14H2,1-2H3,(H2,28,30,31);3-9,11H,10H2,1-2H3,(H2,24,26,27). The lowest BCUT2D eigenvalue weighted by Crippen LogP contribution is -2.25. The van der Waals surface area contributed by atoms with Crippen LogP contribution in [-0.4, -0.2) is 127 Å². The summed E-state index contributed by atoms with van der Waals surface area (Å²) in [5.41, 5.74) is 43.6. The van der Waals surface area contributed by atoms with Crippen molar-refractivity contribution >= 4 is 134 Å². The highest BCUT2D eigenvalue weighted by molar-refractivity contribution is 14.1. The second-order valence-electron chi connectivity index (χ2n) is 34.5. The predicted molar refractivity (Wildman–Crippen MR) is 549 cm³/mol. The number of nitrogens with two attached hydrogens (primary N) is 4. The molecule has 0 spiro atoms. The van der Waals surface area contributed by atoms with Crippen LogP contribution < -0.4 is 45.2 Å². The molecule has 34 nitrogen and oxygen atoms in total. The van der Waals surface area contributed by atoms with E-state index in [1.165, 1.54) is 49.6 Å². The van der Waals surface area contributed by atoms with Crippen molar-refractivity contribution < 1.29 is 19.0 Å². The second-order valence-corrected chi connectivity index (χ2v) is 35.5. The van der Waals surface area contributed by atoms with Crippen molar-refractivity contribution in [3.63, 3.8) is 0 Å². The number of para-hydroxylation sites is 4. The van der Waals surface area contributed by atoms with Crippen LogP contribution in [0, 0.1) is 88.5 Å². The molecule has 0 unspecified atom stereocenters. The van der Waals surface area contributed by atoms with Crippen LogP contribution in [0.25, 0.3) is 133 Å². The summed E-state index contributed by atoms with van der Waals surface area (Å²) >= 11 is 2.13. The molecule has 0 atom stereocenters. The molecule has 23 rings (SSSR count). The van der Waals surface area contributed by atoms with E-state index in [4.69, 9.17) is 38.2 Å². The summed E-state index contributed by atoms with van der Waals surface area (Å²) < 4.78 is 42.6. The average molecular weight is 2000 g/mol. The molecule has 142 heavy (non-hydrogen) atoms. The quantitative estimate of drug-likeness (QED) is 0.0435. The van der Waals surface area contributed by atoms with E-state index in [1.54, 1.807) is 67.8 Å². The molecule has 6 aromatic carbocycles. The number of fused-ring (bicyclic) bond motifs is 8. The number of phenols is 2. The van der Waals surface area contributed by atoms with Gasteiger partial charge in [0.05, 0.1) is 137 Å². The molecule has 0 aliphatic heterocycles. The summed E-state index contributed by atoms with van der Waals surface area (Å²) in [5, 5.41) is 43.0. The highest BCUT2D eigenvalue weighted by Gasteiger charge is 2.29. The van der Waals surface area contributed by atoms with E-state index in [-0.39, 0.29) is 59.3 Å². The maximum atomic E-state index is 14.2. The molecule has 1 saturated carbocycles. The number of hydrogen-bond donors (Lipinski definition) is 6. The minimum Gasteiger partial charge on any atom is -0.508 e. The highest BCUT2D eigenvalue weighted by Crippen LogP contribution is 2.38. The molecule has 37 heteroatoms. The number of nitrogen functional groups attached to an aromatic ring is 4. The van der Waals surface area contributed by atoms with E-state index in [1.807, 2.05) is 201 Å². The molecule has 0 saturated heterocycles. The lowest BCUT2D eigenvalue weighted by atomic mass is 10.1. The molecule has 22 aromatic rings. The minimum atomic E-state index is -0.787. The zero-order chi connectivity index (χ0) is 98.9. The van der Waals surface area contributed by atoms with E-state index < -0.39 is 17.4 Å². The molecule has 16 heterocycles. The van der Waals surface area contributed by atoms with Crippen LogP contribution in [-0.2, 0) is 26.2 Å². The van der Waals surface area contributed by atoms with Crippen LogP contribution in [0.4, 0.5) is 32.1 Å². The molecule has 702 valence electrons. The van der Waals surface area contributed by atoms with E-state index >= 15 is 0 Å². The Morgan fingerprint density at radius 2 is 0.683 bits per heavy atom. The van der Waals surface area contributed by atoms with Gasteiger partial charge in [-0.2, -0.15) is 20.4 Å². The summed E-state index contributed by atoms with van der Waals surface area (Å²) in [6.07, 6.45) is 14.5. The van der Waals surface area contributed by atoms with Crippen molar-refractivity contribution in [2.24, 2.45) is 5.92 Å². The second kappa shape index (κ2) is 37.4. The van der Waals surface area contributed by atoms with Crippen molar-refractivity contribution in [1.29, 1.82) is 0 Å². The van der Waals surface area contributed by atoms with Crippen molar-refractivity contribution in [1.82, 2.24) is 117 Å². The van der Waals surface area contributed by atoms with Gasteiger partial charge in [0, 0.05) is 47.9 Å². The van der Waals surface area contributed by atoms with E-state index in [9.17, 15) is 38.2 Å². The number of aromatic hydroxyl groups is 2. The smallest absolute Gasteiger partial charge is 0.265 e.